The molecule has 0 fully saturated rings. The van der Waals surface area contributed by atoms with Crippen LogP contribution in [-0.4, -0.2) is 11.1 Å². The number of aliphatic carboxylic acids is 1. The third kappa shape index (κ3) is 20.0. The number of aliphatic hydroxyl groups is 1. The van der Waals surface area contributed by atoms with Crippen LogP contribution >= 0.6 is 0 Å². The molecule has 0 saturated carbocycles. The van der Waals surface area contributed by atoms with Crippen molar-refractivity contribution in [2.45, 2.75) is 90.4 Å². The third-order valence-electron chi connectivity index (χ3n) is 3.52. The molecule has 0 aromatic heterocycles. The van der Waals surface area contributed by atoms with Crippen molar-refractivity contribution in [1.82, 2.24) is 0 Å². The van der Waals surface area contributed by atoms with Gasteiger partial charge in [0.25, 0.3) is 0 Å². The minimum absolute atomic E-state index is 0. The maximum Gasteiger partial charge on any atom is 1.00 e. The van der Waals surface area contributed by atoms with Gasteiger partial charge in [0.15, 0.2) is 0 Å². The van der Waals surface area contributed by atoms with Crippen LogP contribution in [0.25, 0.3) is 0 Å². The van der Waals surface area contributed by atoms with E-state index < -0.39 is 5.97 Å². The number of carboxylic acids is 1. The Balaban J connectivity index is 0. The van der Waals surface area contributed by atoms with E-state index in [-0.39, 0.29) is 48.2 Å². The zero-order valence-electron chi connectivity index (χ0n) is 14.0. The van der Waals surface area contributed by atoms with E-state index >= 15 is 0 Å². The van der Waals surface area contributed by atoms with E-state index in [1.165, 1.54) is 57.8 Å². The quantitative estimate of drug-likeness (QED) is 0.299. The van der Waals surface area contributed by atoms with Crippen molar-refractivity contribution in [2.75, 3.05) is 0 Å². The Morgan fingerprint density at radius 2 is 1.38 bits per heavy atom. The third-order valence-corrected chi connectivity index (χ3v) is 3.52. The van der Waals surface area contributed by atoms with Crippen LogP contribution in [0.5, 0.6) is 0 Å². The molecule has 0 aliphatic heterocycles. The second-order valence-electron chi connectivity index (χ2n) is 5.54. The molecule has 21 heavy (non-hydrogen) atoms. The fourth-order valence-corrected chi connectivity index (χ4v) is 2.23. The fraction of sp³-hybridized carbons (Fsp3) is 0.824. The SMILES string of the molecule is CCCCCCCCCCCCC=C(O)CCC(=O)[O-].[Na+]. The minimum Gasteiger partial charge on any atom is -0.550 e. The van der Waals surface area contributed by atoms with Crippen molar-refractivity contribution >= 4 is 5.97 Å². The van der Waals surface area contributed by atoms with E-state index in [1.54, 1.807) is 6.08 Å². The van der Waals surface area contributed by atoms with Gasteiger partial charge in [0.05, 0.1) is 5.76 Å². The van der Waals surface area contributed by atoms with Gasteiger partial charge in [-0.25, -0.2) is 0 Å². The molecule has 0 rings (SSSR count). The molecule has 0 aliphatic carbocycles. The van der Waals surface area contributed by atoms with E-state index in [9.17, 15) is 15.0 Å². The monoisotopic (exact) mass is 306 g/mol. The Hall–Kier alpha value is 0.0100. The summed E-state index contributed by atoms with van der Waals surface area (Å²) < 4.78 is 0. The molecule has 0 radical (unpaired) electrons. The van der Waals surface area contributed by atoms with E-state index in [0.29, 0.717) is 0 Å². The van der Waals surface area contributed by atoms with Crippen molar-refractivity contribution in [3.63, 3.8) is 0 Å². The van der Waals surface area contributed by atoms with Crippen LogP contribution in [0.4, 0.5) is 0 Å². The van der Waals surface area contributed by atoms with Gasteiger partial charge in [-0.3, -0.25) is 0 Å². The van der Waals surface area contributed by atoms with Gasteiger partial charge in [-0.15, -0.1) is 0 Å². The van der Waals surface area contributed by atoms with Crippen LogP contribution in [0.15, 0.2) is 11.8 Å². The Labute approximate surface area is 152 Å². The van der Waals surface area contributed by atoms with E-state index in [4.69, 9.17) is 0 Å². The Morgan fingerprint density at radius 3 is 1.86 bits per heavy atom. The van der Waals surface area contributed by atoms with Gasteiger partial charge in [0, 0.05) is 12.4 Å². The Morgan fingerprint density at radius 1 is 0.905 bits per heavy atom. The molecule has 0 atom stereocenters. The summed E-state index contributed by atoms with van der Waals surface area (Å²) in [6.07, 6.45) is 15.7. The van der Waals surface area contributed by atoms with Gasteiger partial charge in [0.1, 0.15) is 0 Å². The second-order valence-corrected chi connectivity index (χ2v) is 5.54. The number of carboxylic acid groups (broad SMARTS) is 1. The number of unbranched alkanes of at least 4 members (excludes halogenated alkanes) is 10. The molecular formula is C17H31NaO3. The van der Waals surface area contributed by atoms with Crippen LogP contribution in [-0.2, 0) is 4.79 Å². The molecule has 0 unspecified atom stereocenters. The van der Waals surface area contributed by atoms with E-state index in [0.717, 1.165) is 12.8 Å². The van der Waals surface area contributed by atoms with Gasteiger partial charge in [-0.2, -0.15) is 0 Å². The molecule has 3 nitrogen and oxygen atoms in total. The summed E-state index contributed by atoms with van der Waals surface area (Å²) in [4.78, 5) is 10.2. The molecule has 0 heterocycles. The number of aliphatic hydroxyl groups excluding tert-OH is 1. The predicted molar refractivity (Wildman–Crippen MR) is 81.4 cm³/mol. The van der Waals surface area contributed by atoms with Gasteiger partial charge in [-0.05, 0) is 25.3 Å². The number of allylic oxidation sites excluding steroid dienone is 2. The normalized spacial score (nSPS) is 11.2. The smallest absolute Gasteiger partial charge is 0.550 e. The van der Waals surface area contributed by atoms with Gasteiger partial charge < -0.3 is 15.0 Å². The van der Waals surface area contributed by atoms with Crippen molar-refractivity contribution in [1.29, 1.82) is 0 Å². The Bertz CT molecular complexity index is 265. The molecule has 0 bridgehead atoms. The molecule has 0 spiro atoms. The van der Waals surface area contributed by atoms with Crippen molar-refractivity contribution in [2.24, 2.45) is 0 Å². The second kappa shape index (κ2) is 18.1. The van der Waals surface area contributed by atoms with Crippen molar-refractivity contribution < 1.29 is 44.6 Å². The summed E-state index contributed by atoms with van der Waals surface area (Å²) >= 11 is 0. The largest absolute Gasteiger partial charge is 1.00 e. The fourth-order valence-electron chi connectivity index (χ4n) is 2.23. The standard InChI is InChI=1S/C17H32O3.Na/c1-2-3-4-5-6-7-8-9-10-11-12-13-16(18)14-15-17(19)20;/h13,18H,2-12,14-15H2,1H3,(H,19,20);/q;+1/p-1. The van der Waals surface area contributed by atoms with Gasteiger partial charge >= 0.3 is 29.6 Å². The summed E-state index contributed by atoms with van der Waals surface area (Å²) in [6, 6.07) is 0. The molecule has 118 valence electrons. The summed E-state index contributed by atoms with van der Waals surface area (Å²) in [5.41, 5.74) is 0. The van der Waals surface area contributed by atoms with Crippen LogP contribution in [0, 0.1) is 0 Å². The number of hydrogen-bond donors (Lipinski definition) is 1. The predicted octanol–water partition coefficient (Wildman–Crippen LogP) is 1.27. The summed E-state index contributed by atoms with van der Waals surface area (Å²) in [6.45, 7) is 2.24. The molecular weight excluding hydrogens is 275 g/mol. The van der Waals surface area contributed by atoms with E-state index in [2.05, 4.69) is 6.92 Å². The summed E-state index contributed by atoms with van der Waals surface area (Å²) in [5.74, 6) is -0.922. The average molecular weight is 306 g/mol. The minimum atomic E-state index is -1.11. The Kier molecular flexibility index (Phi) is 20.0. The summed E-state index contributed by atoms with van der Waals surface area (Å²) in [5, 5.41) is 19.6. The zero-order valence-corrected chi connectivity index (χ0v) is 16.0. The van der Waals surface area contributed by atoms with Crippen molar-refractivity contribution in [3.8, 4) is 0 Å². The molecule has 4 heteroatoms. The topological polar surface area (TPSA) is 60.4 Å². The summed E-state index contributed by atoms with van der Waals surface area (Å²) in [7, 11) is 0. The zero-order chi connectivity index (χ0) is 15.1. The molecule has 0 amide bonds. The molecule has 1 N–H and O–H groups in total. The number of hydrogen-bond acceptors (Lipinski definition) is 3. The van der Waals surface area contributed by atoms with Crippen LogP contribution < -0.4 is 34.7 Å². The number of carbonyl (C=O) groups is 1. The molecule has 0 saturated heterocycles. The van der Waals surface area contributed by atoms with Crippen LogP contribution in [0.3, 0.4) is 0 Å². The van der Waals surface area contributed by atoms with Crippen LogP contribution in [0.2, 0.25) is 0 Å². The maximum atomic E-state index is 10.2. The number of rotatable bonds is 14. The first kappa shape index (κ1) is 23.3. The van der Waals surface area contributed by atoms with Crippen LogP contribution in [0.1, 0.15) is 90.4 Å². The van der Waals surface area contributed by atoms with E-state index in [1.807, 2.05) is 0 Å². The van der Waals surface area contributed by atoms with Gasteiger partial charge in [-0.1, -0.05) is 64.7 Å². The average Bonchev–Trinajstić information content (AvgIpc) is 2.42. The molecule has 0 aliphatic rings. The van der Waals surface area contributed by atoms with Crippen molar-refractivity contribution in [3.05, 3.63) is 11.8 Å². The molecule has 0 aromatic rings. The molecule has 0 aromatic carbocycles. The first-order valence-electron chi connectivity index (χ1n) is 8.24. The number of carbonyl (C=O) groups excluding carboxylic acids is 1. The first-order valence-corrected chi connectivity index (χ1v) is 8.24. The maximum absolute atomic E-state index is 10.2. The first-order chi connectivity index (χ1) is 9.66. The van der Waals surface area contributed by atoms with Gasteiger partial charge in [0.2, 0.25) is 0 Å².